The minimum Gasteiger partial charge on any atom is -0.443 e. The summed E-state index contributed by atoms with van der Waals surface area (Å²) in [6.45, 7) is 5.63. The Balaban J connectivity index is 1.62. The van der Waals surface area contributed by atoms with Crippen LogP contribution in [0.2, 0.25) is 0 Å². The minimum absolute atomic E-state index is 0.0847. The summed E-state index contributed by atoms with van der Waals surface area (Å²) >= 11 is 1.47. The van der Waals surface area contributed by atoms with E-state index in [1.54, 1.807) is 18.4 Å². The van der Waals surface area contributed by atoms with E-state index in [9.17, 15) is 9.59 Å². The maximum Gasteiger partial charge on any atom is 0.276 e. The molecule has 1 aliphatic heterocycles. The molecule has 1 fully saturated rings. The molecule has 1 aliphatic rings. The molecular weight excluding hydrogens is 326 g/mol. The lowest BCUT2D eigenvalue weighted by Crippen LogP contribution is -2.38. The molecule has 2 aromatic rings. The largest absolute Gasteiger partial charge is 0.443 e. The number of carbonyl (C=O) groups excluding carboxylic acids is 2. The fourth-order valence-corrected chi connectivity index (χ4v) is 3.37. The van der Waals surface area contributed by atoms with Crippen molar-refractivity contribution in [1.29, 1.82) is 0 Å². The van der Waals surface area contributed by atoms with Crippen molar-refractivity contribution in [2.24, 2.45) is 5.92 Å². The molecule has 3 heterocycles. The third-order valence-corrected chi connectivity index (χ3v) is 4.98. The van der Waals surface area contributed by atoms with Crippen molar-refractivity contribution in [3.63, 3.8) is 0 Å². The number of amides is 2. The fourth-order valence-electron chi connectivity index (χ4n) is 2.74. The quantitative estimate of drug-likeness (QED) is 0.923. The van der Waals surface area contributed by atoms with E-state index in [4.69, 9.17) is 4.42 Å². The van der Waals surface area contributed by atoms with Gasteiger partial charge in [0.05, 0.1) is 6.54 Å². The fraction of sp³-hybridized carbons (Fsp3) is 0.471. The first-order valence-electron chi connectivity index (χ1n) is 8.10. The molecule has 2 amide bonds. The summed E-state index contributed by atoms with van der Waals surface area (Å²) in [4.78, 5) is 30.6. The van der Waals surface area contributed by atoms with Crippen LogP contribution >= 0.6 is 11.3 Å². The van der Waals surface area contributed by atoms with E-state index in [1.807, 2.05) is 10.3 Å². The number of aryl methyl sites for hydroxylation is 1. The number of hydrogen-bond donors (Lipinski definition) is 1. The molecule has 6 nitrogen and oxygen atoms in total. The van der Waals surface area contributed by atoms with Crippen LogP contribution in [0, 0.1) is 12.8 Å². The molecule has 1 N–H and O–H groups in total. The first kappa shape index (κ1) is 16.7. The Morgan fingerprint density at radius 2 is 2.17 bits per heavy atom. The number of oxazole rings is 1. The van der Waals surface area contributed by atoms with E-state index in [0.717, 1.165) is 25.9 Å². The predicted octanol–water partition coefficient (Wildman–Crippen LogP) is 2.85. The number of hydrogen-bond acceptors (Lipinski definition) is 5. The summed E-state index contributed by atoms with van der Waals surface area (Å²) in [6, 6.07) is 1.76. The molecule has 3 rings (SSSR count). The topological polar surface area (TPSA) is 75.4 Å². The van der Waals surface area contributed by atoms with Gasteiger partial charge in [0.15, 0.2) is 5.69 Å². The van der Waals surface area contributed by atoms with Gasteiger partial charge in [-0.15, -0.1) is 0 Å². The van der Waals surface area contributed by atoms with E-state index in [1.165, 1.54) is 11.3 Å². The molecule has 0 aromatic carbocycles. The van der Waals surface area contributed by atoms with Crippen LogP contribution in [0.5, 0.6) is 0 Å². The first-order chi connectivity index (χ1) is 11.5. The Morgan fingerprint density at radius 3 is 2.83 bits per heavy atom. The second kappa shape index (κ2) is 7.17. The summed E-state index contributed by atoms with van der Waals surface area (Å²) in [5.74, 6) is 1.25. The van der Waals surface area contributed by atoms with Gasteiger partial charge in [-0.3, -0.25) is 9.59 Å². The smallest absolute Gasteiger partial charge is 0.276 e. The Labute approximate surface area is 144 Å². The van der Waals surface area contributed by atoms with E-state index in [0.29, 0.717) is 28.8 Å². The number of likely N-dealkylation sites (tertiary alicyclic amines) is 1. The Morgan fingerprint density at radius 1 is 1.42 bits per heavy atom. The van der Waals surface area contributed by atoms with Gasteiger partial charge in [0, 0.05) is 24.0 Å². The molecule has 0 spiro atoms. The van der Waals surface area contributed by atoms with Gasteiger partial charge in [-0.1, -0.05) is 6.92 Å². The van der Waals surface area contributed by atoms with Crippen molar-refractivity contribution in [3.05, 3.63) is 39.7 Å². The molecule has 128 valence electrons. The Bertz CT molecular complexity index is 716. The van der Waals surface area contributed by atoms with Gasteiger partial charge in [-0.25, -0.2) is 4.98 Å². The lowest BCUT2D eigenvalue weighted by atomic mass is 9.99. The summed E-state index contributed by atoms with van der Waals surface area (Å²) in [6.07, 6.45) is 2.04. The molecule has 2 aromatic heterocycles. The number of rotatable bonds is 4. The van der Waals surface area contributed by atoms with Gasteiger partial charge in [0.2, 0.25) is 5.89 Å². The van der Waals surface area contributed by atoms with Crippen molar-refractivity contribution in [3.8, 4) is 0 Å². The van der Waals surface area contributed by atoms with Gasteiger partial charge < -0.3 is 14.6 Å². The van der Waals surface area contributed by atoms with E-state index in [-0.39, 0.29) is 18.4 Å². The van der Waals surface area contributed by atoms with Crippen LogP contribution in [0.4, 0.5) is 0 Å². The summed E-state index contributed by atoms with van der Waals surface area (Å²) in [5.41, 5.74) is 0.964. The molecular formula is C17H21N3O3S. The average molecular weight is 347 g/mol. The molecule has 24 heavy (non-hydrogen) atoms. The van der Waals surface area contributed by atoms with E-state index >= 15 is 0 Å². The summed E-state index contributed by atoms with van der Waals surface area (Å²) in [5, 5.41) is 6.38. The summed E-state index contributed by atoms with van der Waals surface area (Å²) < 4.78 is 5.54. The second-order valence-electron chi connectivity index (χ2n) is 6.18. The second-order valence-corrected chi connectivity index (χ2v) is 6.96. The zero-order valence-electron chi connectivity index (χ0n) is 13.9. The predicted molar refractivity (Wildman–Crippen MR) is 91.0 cm³/mol. The zero-order valence-corrected chi connectivity index (χ0v) is 14.7. The van der Waals surface area contributed by atoms with Crippen LogP contribution < -0.4 is 5.32 Å². The van der Waals surface area contributed by atoms with Crippen LogP contribution in [0.1, 0.15) is 52.3 Å². The number of thiophene rings is 1. The Kier molecular flexibility index (Phi) is 4.99. The van der Waals surface area contributed by atoms with Crippen LogP contribution in [0.25, 0.3) is 0 Å². The van der Waals surface area contributed by atoms with Crippen molar-refractivity contribution in [1.82, 2.24) is 15.2 Å². The van der Waals surface area contributed by atoms with Gasteiger partial charge in [-0.05, 0) is 37.1 Å². The van der Waals surface area contributed by atoms with Crippen molar-refractivity contribution in [2.75, 3.05) is 13.1 Å². The lowest BCUT2D eigenvalue weighted by Gasteiger charge is -2.29. The maximum absolute atomic E-state index is 12.6. The third-order valence-electron chi connectivity index (χ3n) is 4.30. The minimum atomic E-state index is -0.176. The van der Waals surface area contributed by atoms with Gasteiger partial charge in [0.25, 0.3) is 11.8 Å². The summed E-state index contributed by atoms with van der Waals surface area (Å²) in [7, 11) is 0. The van der Waals surface area contributed by atoms with Gasteiger partial charge >= 0.3 is 0 Å². The van der Waals surface area contributed by atoms with Gasteiger partial charge in [-0.2, -0.15) is 11.3 Å². The van der Waals surface area contributed by atoms with Crippen LogP contribution in [0.15, 0.2) is 21.2 Å². The molecule has 0 saturated carbocycles. The molecule has 0 atom stereocenters. The number of nitrogens with one attached hydrogen (secondary N) is 1. The van der Waals surface area contributed by atoms with Crippen LogP contribution in [-0.4, -0.2) is 34.8 Å². The highest BCUT2D eigenvalue weighted by molar-refractivity contribution is 7.08. The van der Waals surface area contributed by atoms with Crippen LogP contribution in [0.3, 0.4) is 0 Å². The molecule has 1 saturated heterocycles. The average Bonchev–Trinajstić information content (AvgIpc) is 3.22. The van der Waals surface area contributed by atoms with E-state index in [2.05, 4.69) is 17.2 Å². The molecule has 0 unspecified atom stereocenters. The highest BCUT2D eigenvalue weighted by atomic mass is 32.1. The number of nitrogens with zero attached hydrogens (tertiary/aromatic N) is 2. The molecule has 0 radical (unpaired) electrons. The molecule has 0 aliphatic carbocycles. The molecule has 7 heteroatoms. The normalized spacial score (nSPS) is 15.5. The lowest BCUT2D eigenvalue weighted by molar-refractivity contribution is 0.0690. The van der Waals surface area contributed by atoms with Crippen LogP contribution in [-0.2, 0) is 6.54 Å². The molecule has 0 bridgehead atoms. The standard InChI is InChI=1S/C17H21N3O3S/c1-11-3-6-20(7-4-11)17(22)15-12(2)23-14(19-15)9-18-16(21)13-5-8-24-10-13/h5,8,10-11H,3-4,6-7,9H2,1-2H3,(H,18,21). The van der Waals surface area contributed by atoms with Crippen molar-refractivity contribution in [2.45, 2.75) is 33.2 Å². The first-order valence-corrected chi connectivity index (χ1v) is 9.05. The number of aromatic nitrogens is 1. The number of carbonyl (C=O) groups is 2. The highest BCUT2D eigenvalue weighted by Crippen LogP contribution is 2.20. The van der Waals surface area contributed by atoms with Crippen molar-refractivity contribution >= 4 is 23.2 Å². The Hall–Kier alpha value is -2.15. The van der Waals surface area contributed by atoms with Crippen molar-refractivity contribution < 1.29 is 14.0 Å². The number of piperidine rings is 1. The monoisotopic (exact) mass is 347 g/mol. The highest BCUT2D eigenvalue weighted by Gasteiger charge is 2.26. The SMILES string of the molecule is Cc1oc(CNC(=O)c2ccsc2)nc1C(=O)N1CCC(C)CC1. The van der Waals surface area contributed by atoms with E-state index < -0.39 is 0 Å². The third kappa shape index (κ3) is 3.67. The zero-order chi connectivity index (χ0) is 17.1. The maximum atomic E-state index is 12.6. The van der Waals surface area contributed by atoms with Gasteiger partial charge in [0.1, 0.15) is 5.76 Å².